The predicted molar refractivity (Wildman–Crippen MR) is 139 cm³/mol. The minimum absolute atomic E-state index is 0.0626. The fourth-order valence-corrected chi connectivity index (χ4v) is 4.81. The maximum atomic E-state index is 13.6. The minimum Gasteiger partial charge on any atom is -0.472 e. The van der Waals surface area contributed by atoms with Crippen molar-refractivity contribution in [3.8, 4) is 17.7 Å². The molecular weight excluding hydrogens is 454 g/mol. The first kappa shape index (κ1) is 26.2. The molecule has 1 aromatic carbocycles. The van der Waals surface area contributed by atoms with Gasteiger partial charge >= 0.3 is 0 Å². The zero-order valence-corrected chi connectivity index (χ0v) is 21.5. The van der Waals surface area contributed by atoms with E-state index in [4.69, 9.17) is 9.47 Å². The van der Waals surface area contributed by atoms with Gasteiger partial charge in [0, 0.05) is 56.1 Å². The van der Waals surface area contributed by atoms with Crippen molar-refractivity contribution < 1.29 is 19.4 Å². The van der Waals surface area contributed by atoms with Gasteiger partial charge in [0.05, 0.1) is 12.6 Å². The second kappa shape index (κ2) is 12.4. The van der Waals surface area contributed by atoms with Crippen molar-refractivity contribution in [3.05, 3.63) is 59.3 Å². The third kappa shape index (κ3) is 6.64. The number of carbonyl (C=O) groups is 1. The highest BCUT2D eigenvalue weighted by molar-refractivity contribution is 5.97. The van der Waals surface area contributed by atoms with Gasteiger partial charge in [-0.25, -0.2) is 4.98 Å². The Kier molecular flexibility index (Phi) is 8.98. The molecule has 0 spiro atoms. The third-order valence-corrected chi connectivity index (χ3v) is 7.05. The zero-order valence-electron chi connectivity index (χ0n) is 21.5. The number of aliphatic hydroxyl groups excluding tert-OH is 1. The van der Waals surface area contributed by atoms with E-state index in [1.807, 2.05) is 37.3 Å². The lowest BCUT2D eigenvalue weighted by atomic mass is 9.97. The number of fused-ring (bicyclic) bond motifs is 1. The van der Waals surface area contributed by atoms with Crippen LogP contribution in [0.5, 0.6) is 5.88 Å². The van der Waals surface area contributed by atoms with Crippen molar-refractivity contribution in [2.24, 2.45) is 11.8 Å². The molecule has 0 saturated carbocycles. The van der Waals surface area contributed by atoms with Crippen LogP contribution in [0.1, 0.15) is 48.2 Å². The summed E-state index contributed by atoms with van der Waals surface area (Å²) in [6, 6.07) is 11.2. The molecular formula is C29H37N3O4. The lowest BCUT2D eigenvalue weighted by Crippen LogP contribution is -2.50. The Bertz CT molecular complexity index is 1070. The Morgan fingerprint density at radius 1 is 1.17 bits per heavy atom. The lowest BCUT2D eigenvalue weighted by Gasteiger charge is -2.38. The highest BCUT2D eigenvalue weighted by Crippen LogP contribution is 2.27. The van der Waals surface area contributed by atoms with Gasteiger partial charge in [-0.3, -0.25) is 4.79 Å². The van der Waals surface area contributed by atoms with Crippen LogP contribution < -0.4 is 4.74 Å². The number of carbonyl (C=O) groups excluding carboxylic acids is 1. The van der Waals surface area contributed by atoms with Crippen molar-refractivity contribution in [2.75, 3.05) is 46.5 Å². The average molecular weight is 492 g/mol. The summed E-state index contributed by atoms with van der Waals surface area (Å²) < 4.78 is 11.9. The third-order valence-electron chi connectivity index (χ3n) is 7.05. The number of likely N-dealkylation sites (N-methyl/N-ethyl adjacent to an activating group) is 1. The van der Waals surface area contributed by atoms with Crippen molar-refractivity contribution in [2.45, 2.75) is 38.8 Å². The molecule has 1 N–H and O–H groups in total. The van der Waals surface area contributed by atoms with Crippen molar-refractivity contribution in [1.82, 2.24) is 14.8 Å². The summed E-state index contributed by atoms with van der Waals surface area (Å²) in [5.74, 6) is 7.06. The van der Waals surface area contributed by atoms with Gasteiger partial charge in [-0.15, -0.1) is 0 Å². The number of pyridine rings is 1. The molecule has 1 amide bonds. The summed E-state index contributed by atoms with van der Waals surface area (Å²) in [6.07, 6.45) is 3.68. The molecule has 0 unspecified atom stereocenters. The van der Waals surface area contributed by atoms with Crippen LogP contribution in [0.25, 0.3) is 0 Å². The summed E-state index contributed by atoms with van der Waals surface area (Å²) in [4.78, 5) is 22.2. The lowest BCUT2D eigenvalue weighted by molar-refractivity contribution is 0.0254. The van der Waals surface area contributed by atoms with Crippen LogP contribution in [-0.4, -0.2) is 84.4 Å². The molecule has 3 atom stereocenters. The summed E-state index contributed by atoms with van der Waals surface area (Å²) in [6.45, 7) is 7.73. The number of amides is 1. The second-order valence-corrected chi connectivity index (χ2v) is 10.1. The van der Waals surface area contributed by atoms with E-state index in [0.717, 1.165) is 44.7 Å². The Labute approximate surface area is 214 Å². The smallest absolute Gasteiger partial charge is 0.259 e. The summed E-state index contributed by atoms with van der Waals surface area (Å²) >= 11 is 0. The average Bonchev–Trinajstić information content (AvgIpc) is 2.90. The van der Waals surface area contributed by atoms with E-state index in [2.05, 4.69) is 35.7 Å². The number of aliphatic hydroxyl groups is 1. The number of hydrogen-bond acceptors (Lipinski definition) is 6. The molecule has 2 aliphatic heterocycles. The first-order valence-corrected chi connectivity index (χ1v) is 12.9. The molecule has 7 heteroatoms. The Hall–Kier alpha value is -2.92. The molecule has 0 radical (unpaired) electrons. The van der Waals surface area contributed by atoms with Crippen LogP contribution in [0.3, 0.4) is 0 Å². The van der Waals surface area contributed by atoms with Crippen molar-refractivity contribution in [3.63, 3.8) is 0 Å². The number of aromatic nitrogens is 1. The second-order valence-electron chi connectivity index (χ2n) is 10.1. The summed E-state index contributed by atoms with van der Waals surface area (Å²) in [7, 11) is 2.13. The minimum atomic E-state index is -0.314. The predicted octanol–water partition coefficient (Wildman–Crippen LogP) is 3.06. The Balaban J connectivity index is 1.59. The topological polar surface area (TPSA) is 75.1 Å². The fraction of sp³-hybridized carbons (Fsp3) is 0.517. The molecule has 0 bridgehead atoms. The largest absolute Gasteiger partial charge is 0.472 e. The van der Waals surface area contributed by atoms with Crippen molar-refractivity contribution >= 4 is 5.91 Å². The normalized spacial score (nSPS) is 21.6. The zero-order chi connectivity index (χ0) is 25.5. The van der Waals surface area contributed by atoms with E-state index in [-0.39, 0.29) is 30.6 Å². The molecule has 1 aromatic heterocycles. The van der Waals surface area contributed by atoms with Gasteiger partial charge in [0.1, 0.15) is 11.7 Å². The van der Waals surface area contributed by atoms with E-state index in [1.54, 1.807) is 17.2 Å². The molecule has 0 aliphatic carbocycles. The quantitative estimate of drug-likeness (QED) is 0.626. The van der Waals surface area contributed by atoms with E-state index in [1.165, 1.54) is 0 Å². The van der Waals surface area contributed by atoms with Gasteiger partial charge < -0.3 is 24.4 Å². The monoisotopic (exact) mass is 491 g/mol. The molecule has 36 heavy (non-hydrogen) atoms. The highest BCUT2D eigenvalue weighted by Gasteiger charge is 2.34. The number of nitrogens with zero attached hydrogens (tertiary/aromatic N) is 3. The molecule has 2 aliphatic rings. The van der Waals surface area contributed by atoms with E-state index < -0.39 is 0 Å². The van der Waals surface area contributed by atoms with Crippen molar-refractivity contribution in [1.29, 1.82) is 0 Å². The SMILES string of the molecule is C[C@H]1CN([C@@H](C)CO)C(=O)c2cc(C#Cc3ccccc3)cnc2O[C@@H]1CN(C)CC1CCOCC1. The Morgan fingerprint density at radius 2 is 1.89 bits per heavy atom. The maximum Gasteiger partial charge on any atom is 0.259 e. The van der Waals surface area contributed by atoms with Gasteiger partial charge in [0.2, 0.25) is 5.88 Å². The fourth-order valence-electron chi connectivity index (χ4n) is 4.81. The molecule has 1 saturated heterocycles. The van der Waals surface area contributed by atoms with Gasteiger partial charge in [0.25, 0.3) is 5.91 Å². The first-order chi connectivity index (χ1) is 17.4. The summed E-state index contributed by atoms with van der Waals surface area (Å²) in [5, 5.41) is 9.88. The van der Waals surface area contributed by atoms with E-state index >= 15 is 0 Å². The van der Waals surface area contributed by atoms with Crippen LogP contribution in [-0.2, 0) is 4.74 Å². The van der Waals surface area contributed by atoms with Crippen LogP contribution >= 0.6 is 0 Å². The number of rotatable bonds is 6. The maximum absolute atomic E-state index is 13.6. The van der Waals surface area contributed by atoms with Gasteiger partial charge in [-0.1, -0.05) is 37.0 Å². The van der Waals surface area contributed by atoms with Crippen LogP contribution in [0.2, 0.25) is 0 Å². The van der Waals surface area contributed by atoms with Gasteiger partial charge in [-0.05, 0) is 50.9 Å². The molecule has 1 fully saturated rings. The van der Waals surface area contributed by atoms with Crippen LogP contribution in [0.4, 0.5) is 0 Å². The van der Waals surface area contributed by atoms with Crippen LogP contribution in [0.15, 0.2) is 42.6 Å². The molecule has 4 rings (SSSR count). The standard InChI is InChI=1S/C29H37N3O4/c1-21-17-32(22(2)20-33)29(34)26-15-25(10-9-23-7-5-4-6-8-23)16-30-28(26)36-27(21)19-31(3)18-24-11-13-35-14-12-24/h4-8,15-16,21-22,24,27,33H,11-14,17-20H2,1-3H3/t21-,22-,27+/m0/s1. The Morgan fingerprint density at radius 3 is 2.61 bits per heavy atom. The van der Waals surface area contributed by atoms with Gasteiger partial charge in [-0.2, -0.15) is 0 Å². The van der Waals surface area contributed by atoms with E-state index in [9.17, 15) is 9.90 Å². The van der Waals surface area contributed by atoms with Crippen LogP contribution in [0, 0.1) is 23.7 Å². The molecule has 2 aromatic rings. The highest BCUT2D eigenvalue weighted by atomic mass is 16.5. The summed E-state index contributed by atoms with van der Waals surface area (Å²) in [5.41, 5.74) is 1.93. The number of benzene rings is 1. The first-order valence-electron chi connectivity index (χ1n) is 12.9. The molecule has 192 valence electrons. The number of hydrogen-bond donors (Lipinski definition) is 1. The number of ether oxygens (including phenoxy) is 2. The van der Waals surface area contributed by atoms with Gasteiger partial charge in [0.15, 0.2) is 0 Å². The molecule has 3 heterocycles. The molecule has 7 nitrogen and oxygen atoms in total. The van der Waals surface area contributed by atoms with E-state index in [0.29, 0.717) is 29.5 Å².